The molecule has 5 heteroatoms. The second-order valence-electron chi connectivity index (χ2n) is 6.50. The van der Waals surface area contributed by atoms with Crippen molar-refractivity contribution in [2.75, 3.05) is 32.9 Å². The second-order valence-corrected chi connectivity index (χ2v) is 6.50. The minimum Gasteiger partial charge on any atom is -0.389 e. The van der Waals surface area contributed by atoms with Gasteiger partial charge in [0, 0.05) is 25.8 Å². The van der Waals surface area contributed by atoms with E-state index in [4.69, 9.17) is 9.47 Å². The Morgan fingerprint density at radius 3 is 2.70 bits per heavy atom. The Morgan fingerprint density at radius 1 is 1.22 bits per heavy atom. The summed E-state index contributed by atoms with van der Waals surface area (Å²) in [5, 5.41) is 10.3. The lowest BCUT2D eigenvalue weighted by molar-refractivity contribution is -0.0647. The fourth-order valence-corrected chi connectivity index (χ4v) is 3.52. The molecule has 1 N–H and O–H groups in total. The average molecular weight is 323 g/mol. The normalized spacial score (nSPS) is 24.9. The van der Waals surface area contributed by atoms with Gasteiger partial charge in [0.05, 0.1) is 18.8 Å². The molecule has 1 aromatic carbocycles. The molecule has 4 nitrogen and oxygen atoms in total. The van der Waals surface area contributed by atoms with Gasteiger partial charge in [0.15, 0.2) is 0 Å². The number of ether oxygens (including phenoxy) is 2. The van der Waals surface area contributed by atoms with E-state index in [1.54, 1.807) is 0 Å². The van der Waals surface area contributed by atoms with Gasteiger partial charge in [0.1, 0.15) is 5.82 Å². The lowest BCUT2D eigenvalue weighted by Gasteiger charge is -2.28. The van der Waals surface area contributed by atoms with Crippen LogP contribution in [-0.2, 0) is 9.47 Å². The number of hydrogen-bond acceptors (Lipinski definition) is 4. The van der Waals surface area contributed by atoms with Crippen LogP contribution in [0, 0.1) is 5.82 Å². The highest BCUT2D eigenvalue weighted by molar-refractivity contribution is 5.21. The molecule has 0 saturated carbocycles. The maximum atomic E-state index is 13.1. The summed E-state index contributed by atoms with van der Waals surface area (Å²) >= 11 is 0. The summed E-state index contributed by atoms with van der Waals surface area (Å²) in [4.78, 5) is 2.28. The molecule has 2 atom stereocenters. The quantitative estimate of drug-likeness (QED) is 0.873. The van der Waals surface area contributed by atoms with E-state index in [1.165, 1.54) is 12.1 Å². The molecule has 2 heterocycles. The van der Waals surface area contributed by atoms with Crippen LogP contribution in [0.4, 0.5) is 4.39 Å². The topological polar surface area (TPSA) is 41.9 Å². The van der Waals surface area contributed by atoms with E-state index >= 15 is 0 Å². The number of rotatable bonds is 6. The maximum Gasteiger partial charge on any atom is 0.123 e. The molecule has 0 aliphatic carbocycles. The van der Waals surface area contributed by atoms with Gasteiger partial charge in [-0.1, -0.05) is 12.1 Å². The van der Waals surface area contributed by atoms with Gasteiger partial charge in [0.25, 0.3) is 0 Å². The van der Waals surface area contributed by atoms with Crippen LogP contribution in [0.2, 0.25) is 0 Å². The fraction of sp³-hybridized carbons (Fsp3) is 0.667. The Morgan fingerprint density at radius 2 is 1.96 bits per heavy atom. The van der Waals surface area contributed by atoms with Gasteiger partial charge in [-0.2, -0.15) is 0 Å². The number of halogens is 1. The SMILES string of the molecule is OC(COC1CCOCC1)CN1CCCC1c1ccc(F)cc1. The first kappa shape index (κ1) is 16.8. The summed E-state index contributed by atoms with van der Waals surface area (Å²) in [6.07, 6.45) is 3.71. The lowest BCUT2D eigenvalue weighted by Crippen LogP contribution is -2.36. The van der Waals surface area contributed by atoms with Crippen molar-refractivity contribution in [3.05, 3.63) is 35.6 Å². The van der Waals surface area contributed by atoms with E-state index in [0.717, 1.165) is 51.0 Å². The zero-order valence-corrected chi connectivity index (χ0v) is 13.5. The van der Waals surface area contributed by atoms with Gasteiger partial charge < -0.3 is 14.6 Å². The van der Waals surface area contributed by atoms with Crippen LogP contribution in [0.25, 0.3) is 0 Å². The number of benzene rings is 1. The molecule has 2 unspecified atom stereocenters. The molecule has 23 heavy (non-hydrogen) atoms. The molecular weight excluding hydrogens is 297 g/mol. The molecule has 2 fully saturated rings. The van der Waals surface area contributed by atoms with Crippen molar-refractivity contribution >= 4 is 0 Å². The summed E-state index contributed by atoms with van der Waals surface area (Å²) in [5.74, 6) is -0.205. The highest BCUT2D eigenvalue weighted by Gasteiger charge is 2.28. The monoisotopic (exact) mass is 323 g/mol. The van der Waals surface area contributed by atoms with Crippen LogP contribution in [0.5, 0.6) is 0 Å². The Bertz CT molecular complexity index is 476. The summed E-state index contributed by atoms with van der Waals surface area (Å²) in [5.41, 5.74) is 1.13. The molecule has 0 spiro atoms. The number of nitrogens with zero attached hydrogens (tertiary/aromatic N) is 1. The molecular formula is C18H26FNO3. The summed E-state index contributed by atoms with van der Waals surface area (Å²) in [6.45, 7) is 3.44. The van der Waals surface area contributed by atoms with Crippen molar-refractivity contribution in [3.8, 4) is 0 Å². The molecule has 1 aromatic rings. The van der Waals surface area contributed by atoms with Crippen LogP contribution in [0.1, 0.15) is 37.3 Å². The van der Waals surface area contributed by atoms with Gasteiger partial charge in [0.2, 0.25) is 0 Å². The zero-order chi connectivity index (χ0) is 16.1. The lowest BCUT2D eigenvalue weighted by atomic mass is 10.0. The number of β-amino-alcohol motifs (C(OH)–C–C–N with tert-alkyl or cyclic N) is 1. The van der Waals surface area contributed by atoms with Crippen LogP contribution >= 0.6 is 0 Å². The third kappa shape index (κ3) is 4.73. The Labute approximate surface area is 137 Å². The first-order valence-corrected chi connectivity index (χ1v) is 8.59. The standard InChI is InChI=1S/C18H26FNO3/c19-15-5-3-14(4-6-15)18-2-1-9-20(18)12-16(21)13-23-17-7-10-22-11-8-17/h3-6,16-18,21H,1-2,7-13H2. The Hall–Kier alpha value is -1.01. The molecule has 0 amide bonds. The van der Waals surface area contributed by atoms with E-state index in [1.807, 2.05) is 12.1 Å². The van der Waals surface area contributed by atoms with Gasteiger partial charge in [-0.25, -0.2) is 4.39 Å². The summed E-state index contributed by atoms with van der Waals surface area (Å²) in [7, 11) is 0. The second kappa shape index (κ2) is 8.20. The van der Waals surface area contributed by atoms with Gasteiger partial charge in [-0.15, -0.1) is 0 Å². The predicted molar refractivity (Wildman–Crippen MR) is 85.7 cm³/mol. The number of hydrogen-bond donors (Lipinski definition) is 1. The van der Waals surface area contributed by atoms with E-state index in [-0.39, 0.29) is 18.0 Å². The van der Waals surface area contributed by atoms with E-state index in [2.05, 4.69) is 4.90 Å². The van der Waals surface area contributed by atoms with Gasteiger partial charge in [-0.05, 0) is 49.9 Å². The van der Waals surface area contributed by atoms with Crippen LogP contribution in [0.3, 0.4) is 0 Å². The zero-order valence-electron chi connectivity index (χ0n) is 13.5. The molecule has 0 aromatic heterocycles. The Balaban J connectivity index is 1.48. The molecule has 128 valence electrons. The van der Waals surface area contributed by atoms with Crippen molar-refractivity contribution < 1.29 is 19.0 Å². The number of aliphatic hydroxyl groups is 1. The van der Waals surface area contributed by atoms with Gasteiger partial charge >= 0.3 is 0 Å². The molecule has 0 radical (unpaired) electrons. The molecule has 3 rings (SSSR count). The minimum absolute atomic E-state index is 0.205. The smallest absolute Gasteiger partial charge is 0.123 e. The fourth-order valence-electron chi connectivity index (χ4n) is 3.52. The molecule has 0 bridgehead atoms. The molecule has 2 aliphatic heterocycles. The van der Waals surface area contributed by atoms with Crippen LogP contribution in [-0.4, -0.2) is 55.1 Å². The highest BCUT2D eigenvalue weighted by Crippen LogP contribution is 2.31. The molecule has 2 aliphatic rings. The van der Waals surface area contributed by atoms with Crippen LogP contribution in [0.15, 0.2) is 24.3 Å². The highest BCUT2D eigenvalue weighted by atomic mass is 19.1. The maximum absolute atomic E-state index is 13.1. The van der Waals surface area contributed by atoms with E-state index in [0.29, 0.717) is 13.2 Å². The number of aliphatic hydroxyl groups excluding tert-OH is 1. The van der Waals surface area contributed by atoms with Crippen molar-refractivity contribution in [1.29, 1.82) is 0 Å². The largest absolute Gasteiger partial charge is 0.389 e. The van der Waals surface area contributed by atoms with Crippen molar-refractivity contribution in [3.63, 3.8) is 0 Å². The first-order chi connectivity index (χ1) is 11.2. The summed E-state index contributed by atoms with van der Waals surface area (Å²) in [6, 6.07) is 6.99. The average Bonchev–Trinajstić information content (AvgIpc) is 3.03. The van der Waals surface area contributed by atoms with Crippen molar-refractivity contribution in [1.82, 2.24) is 4.90 Å². The Kier molecular flexibility index (Phi) is 6.00. The van der Waals surface area contributed by atoms with Crippen molar-refractivity contribution in [2.45, 2.75) is 43.9 Å². The predicted octanol–water partition coefficient (Wildman–Crippen LogP) is 2.52. The van der Waals surface area contributed by atoms with Crippen LogP contribution < -0.4 is 0 Å². The van der Waals surface area contributed by atoms with Gasteiger partial charge in [-0.3, -0.25) is 4.90 Å². The third-order valence-corrected chi connectivity index (χ3v) is 4.76. The first-order valence-electron chi connectivity index (χ1n) is 8.59. The molecule has 2 saturated heterocycles. The number of likely N-dealkylation sites (tertiary alicyclic amines) is 1. The van der Waals surface area contributed by atoms with Crippen molar-refractivity contribution in [2.24, 2.45) is 0 Å². The minimum atomic E-state index is -0.487. The van der Waals surface area contributed by atoms with E-state index < -0.39 is 6.10 Å². The third-order valence-electron chi connectivity index (χ3n) is 4.76. The summed E-state index contributed by atoms with van der Waals surface area (Å²) < 4.78 is 24.2. The van der Waals surface area contributed by atoms with E-state index in [9.17, 15) is 9.50 Å².